The maximum absolute atomic E-state index is 12.1. The van der Waals surface area contributed by atoms with E-state index < -0.39 is 0 Å². The zero-order valence-corrected chi connectivity index (χ0v) is 10.8. The van der Waals surface area contributed by atoms with E-state index in [0.29, 0.717) is 4.34 Å². The van der Waals surface area contributed by atoms with E-state index in [0.717, 1.165) is 30.8 Å². The summed E-state index contributed by atoms with van der Waals surface area (Å²) < 4.78 is 0.701. The van der Waals surface area contributed by atoms with E-state index in [1.165, 1.54) is 11.3 Å². The Labute approximate surface area is 104 Å². The molecule has 88 valence electrons. The van der Waals surface area contributed by atoms with E-state index >= 15 is 0 Å². The van der Waals surface area contributed by atoms with Gasteiger partial charge in [-0.15, -0.1) is 11.3 Å². The van der Waals surface area contributed by atoms with E-state index in [9.17, 15) is 4.79 Å². The Morgan fingerprint density at radius 2 is 2.31 bits per heavy atom. The van der Waals surface area contributed by atoms with Crippen LogP contribution in [-0.4, -0.2) is 19.5 Å². The molecule has 0 bridgehead atoms. The second kappa shape index (κ2) is 4.73. The molecular weight excluding hydrogens is 244 g/mol. The van der Waals surface area contributed by atoms with Crippen LogP contribution in [0.5, 0.6) is 0 Å². The van der Waals surface area contributed by atoms with Crippen LogP contribution in [0.4, 0.5) is 5.00 Å². The Bertz CT molecular complexity index is 387. The molecule has 1 fully saturated rings. The van der Waals surface area contributed by atoms with E-state index in [-0.39, 0.29) is 11.3 Å². The lowest BCUT2D eigenvalue weighted by molar-refractivity contribution is -0.129. The number of carbonyl (C=O) groups is 1. The number of halogens is 1. The molecule has 0 spiro atoms. The quantitative estimate of drug-likeness (QED) is 0.872. The fourth-order valence-corrected chi connectivity index (χ4v) is 2.99. The van der Waals surface area contributed by atoms with Crippen molar-refractivity contribution in [3.8, 4) is 0 Å². The summed E-state index contributed by atoms with van der Waals surface area (Å²) in [4.78, 5) is 12.1. The highest BCUT2D eigenvalue weighted by Gasteiger charge is 2.43. The Balaban J connectivity index is 2.01. The third kappa shape index (κ3) is 2.24. The van der Waals surface area contributed by atoms with Crippen molar-refractivity contribution in [1.82, 2.24) is 5.32 Å². The summed E-state index contributed by atoms with van der Waals surface area (Å²) in [6.07, 6.45) is 3.08. The first kappa shape index (κ1) is 11.9. The van der Waals surface area contributed by atoms with Crippen LogP contribution in [-0.2, 0) is 4.79 Å². The number of thiophene rings is 1. The van der Waals surface area contributed by atoms with Crippen LogP contribution in [0.1, 0.15) is 19.3 Å². The summed E-state index contributed by atoms with van der Waals surface area (Å²) in [6.45, 7) is 0.748. The molecule has 3 nitrogen and oxygen atoms in total. The average Bonchev–Trinajstić information content (AvgIpc) is 2.57. The molecule has 0 aliphatic heterocycles. The third-order valence-corrected chi connectivity index (χ3v) is 4.26. The first-order chi connectivity index (χ1) is 7.66. The van der Waals surface area contributed by atoms with Crippen molar-refractivity contribution < 1.29 is 4.79 Å². The van der Waals surface area contributed by atoms with E-state index in [1.54, 1.807) is 6.07 Å². The number of anilines is 1. The van der Waals surface area contributed by atoms with E-state index in [1.807, 2.05) is 13.1 Å². The number of rotatable bonds is 4. The molecule has 0 atom stereocenters. The lowest BCUT2D eigenvalue weighted by Gasteiger charge is -2.39. The number of amides is 1. The van der Waals surface area contributed by atoms with Gasteiger partial charge >= 0.3 is 0 Å². The van der Waals surface area contributed by atoms with Crippen LogP contribution in [0, 0.1) is 5.41 Å². The number of nitrogens with one attached hydrogen (secondary N) is 2. The van der Waals surface area contributed by atoms with Crippen molar-refractivity contribution in [2.45, 2.75) is 19.3 Å². The van der Waals surface area contributed by atoms with Gasteiger partial charge in [0, 0.05) is 6.54 Å². The number of carbonyl (C=O) groups excluding carboxylic acids is 1. The molecule has 0 saturated heterocycles. The van der Waals surface area contributed by atoms with Crippen molar-refractivity contribution >= 4 is 33.8 Å². The summed E-state index contributed by atoms with van der Waals surface area (Å²) in [7, 11) is 1.88. The molecular formula is C11H15ClN2OS. The van der Waals surface area contributed by atoms with Crippen LogP contribution >= 0.6 is 22.9 Å². The van der Waals surface area contributed by atoms with Crippen LogP contribution in [0.25, 0.3) is 0 Å². The average molecular weight is 259 g/mol. The van der Waals surface area contributed by atoms with Crippen LogP contribution in [0.3, 0.4) is 0 Å². The van der Waals surface area contributed by atoms with Crippen molar-refractivity contribution in [3.05, 3.63) is 16.5 Å². The SMILES string of the molecule is CNCC1(C(=O)Nc2ccc(Cl)s2)CCC1. The predicted molar refractivity (Wildman–Crippen MR) is 68.2 cm³/mol. The van der Waals surface area contributed by atoms with Crippen molar-refractivity contribution in [3.63, 3.8) is 0 Å². The standard InChI is InChI=1S/C11H15ClN2OS/c1-13-7-11(5-2-6-11)10(15)14-9-4-3-8(12)16-9/h3-4,13H,2,5-7H2,1H3,(H,14,15). The molecule has 2 N–H and O–H groups in total. The normalized spacial score (nSPS) is 17.9. The van der Waals surface area contributed by atoms with E-state index in [2.05, 4.69) is 10.6 Å². The topological polar surface area (TPSA) is 41.1 Å². The second-order valence-corrected chi connectivity index (χ2v) is 5.94. The van der Waals surface area contributed by atoms with Crippen LogP contribution in [0.2, 0.25) is 4.34 Å². The van der Waals surface area contributed by atoms with Crippen molar-refractivity contribution in [2.75, 3.05) is 18.9 Å². The Morgan fingerprint density at radius 1 is 1.56 bits per heavy atom. The molecule has 0 radical (unpaired) electrons. The second-order valence-electron chi connectivity index (χ2n) is 4.22. The minimum Gasteiger partial charge on any atom is -0.319 e. The lowest BCUT2D eigenvalue weighted by Crippen LogP contribution is -2.48. The highest BCUT2D eigenvalue weighted by molar-refractivity contribution is 7.20. The molecule has 5 heteroatoms. The van der Waals surface area contributed by atoms with Crippen molar-refractivity contribution in [1.29, 1.82) is 0 Å². The Morgan fingerprint density at radius 3 is 2.75 bits per heavy atom. The van der Waals surface area contributed by atoms with Crippen LogP contribution < -0.4 is 10.6 Å². The van der Waals surface area contributed by atoms with Gasteiger partial charge in [0.2, 0.25) is 5.91 Å². The fourth-order valence-electron chi connectivity index (χ4n) is 2.05. The van der Waals surface area contributed by atoms with Gasteiger partial charge in [-0.2, -0.15) is 0 Å². The zero-order chi connectivity index (χ0) is 11.6. The van der Waals surface area contributed by atoms with Gasteiger partial charge in [-0.3, -0.25) is 4.79 Å². The van der Waals surface area contributed by atoms with Crippen LogP contribution in [0.15, 0.2) is 12.1 Å². The molecule has 1 aromatic heterocycles. The maximum atomic E-state index is 12.1. The summed E-state index contributed by atoms with van der Waals surface area (Å²) >= 11 is 7.22. The summed E-state index contributed by atoms with van der Waals surface area (Å²) in [5, 5.41) is 6.88. The molecule has 0 unspecified atom stereocenters. The van der Waals surface area contributed by atoms with Gasteiger partial charge in [0.25, 0.3) is 0 Å². The molecule has 0 aromatic carbocycles. The lowest BCUT2D eigenvalue weighted by atomic mass is 9.68. The van der Waals surface area contributed by atoms with Gasteiger partial charge in [0.15, 0.2) is 0 Å². The largest absolute Gasteiger partial charge is 0.319 e. The highest BCUT2D eigenvalue weighted by Crippen LogP contribution is 2.41. The van der Waals surface area contributed by atoms with Crippen molar-refractivity contribution in [2.24, 2.45) is 5.41 Å². The van der Waals surface area contributed by atoms with E-state index in [4.69, 9.17) is 11.6 Å². The molecule has 16 heavy (non-hydrogen) atoms. The van der Waals surface area contributed by atoms with Gasteiger partial charge in [0.1, 0.15) is 0 Å². The minimum atomic E-state index is -0.203. The molecule has 1 aromatic rings. The zero-order valence-electron chi connectivity index (χ0n) is 9.18. The van der Waals surface area contributed by atoms with Gasteiger partial charge in [-0.25, -0.2) is 0 Å². The third-order valence-electron chi connectivity index (χ3n) is 3.12. The Hall–Kier alpha value is -0.580. The fraction of sp³-hybridized carbons (Fsp3) is 0.545. The van der Waals surface area contributed by atoms with Gasteiger partial charge in [-0.1, -0.05) is 18.0 Å². The minimum absolute atomic E-state index is 0.117. The van der Waals surface area contributed by atoms with Gasteiger partial charge in [-0.05, 0) is 32.0 Å². The number of hydrogen-bond acceptors (Lipinski definition) is 3. The maximum Gasteiger partial charge on any atom is 0.232 e. The molecule has 1 aliphatic carbocycles. The molecule has 1 heterocycles. The molecule has 1 aliphatic rings. The molecule has 1 saturated carbocycles. The first-order valence-electron chi connectivity index (χ1n) is 5.38. The Kier molecular flexibility index (Phi) is 3.52. The summed E-state index contributed by atoms with van der Waals surface area (Å²) in [5.74, 6) is 0.117. The highest BCUT2D eigenvalue weighted by atomic mass is 35.5. The van der Waals surface area contributed by atoms with Gasteiger partial charge in [0.05, 0.1) is 14.8 Å². The monoisotopic (exact) mass is 258 g/mol. The predicted octanol–water partition coefficient (Wildman–Crippen LogP) is 2.73. The number of hydrogen-bond donors (Lipinski definition) is 2. The first-order valence-corrected chi connectivity index (χ1v) is 6.57. The molecule has 2 rings (SSSR count). The summed E-state index contributed by atoms with van der Waals surface area (Å²) in [5.41, 5.74) is -0.203. The molecule has 1 amide bonds. The smallest absolute Gasteiger partial charge is 0.232 e. The van der Waals surface area contributed by atoms with Gasteiger partial charge < -0.3 is 10.6 Å². The summed E-state index contributed by atoms with van der Waals surface area (Å²) in [6, 6.07) is 3.64.